The molecule has 138 valence electrons. The lowest BCUT2D eigenvalue weighted by atomic mass is 10.2. The molecule has 0 saturated carbocycles. The van der Waals surface area contributed by atoms with Gasteiger partial charge in [-0.2, -0.15) is 0 Å². The summed E-state index contributed by atoms with van der Waals surface area (Å²) >= 11 is 6.02. The molecule has 0 unspecified atom stereocenters. The van der Waals surface area contributed by atoms with E-state index in [0.717, 1.165) is 30.0 Å². The number of carbonyl (C=O) groups excluding carboxylic acids is 1. The van der Waals surface area contributed by atoms with E-state index in [1.54, 1.807) is 0 Å². The van der Waals surface area contributed by atoms with Crippen molar-refractivity contribution in [3.05, 3.63) is 59.1 Å². The summed E-state index contributed by atoms with van der Waals surface area (Å²) in [6, 6.07) is 15.6. The number of hydrogen-bond donors (Lipinski definition) is 1. The molecule has 6 heteroatoms. The van der Waals surface area contributed by atoms with E-state index in [9.17, 15) is 4.79 Å². The number of para-hydroxylation sites is 2. The van der Waals surface area contributed by atoms with Crippen molar-refractivity contribution in [1.29, 1.82) is 0 Å². The number of ether oxygens (including phenoxy) is 1. The topological polar surface area (TPSA) is 44.8 Å². The molecule has 0 aliphatic carbocycles. The minimum absolute atomic E-state index is 0.0322. The van der Waals surface area contributed by atoms with Crippen molar-refractivity contribution >= 4 is 28.9 Å². The van der Waals surface area contributed by atoms with E-state index in [-0.39, 0.29) is 5.91 Å². The number of likely N-dealkylation sites (N-methyl/N-ethyl adjacent to an activating group) is 1. The van der Waals surface area contributed by atoms with Crippen LogP contribution in [0.15, 0.2) is 48.5 Å². The van der Waals surface area contributed by atoms with Crippen LogP contribution in [-0.4, -0.2) is 50.7 Å². The summed E-state index contributed by atoms with van der Waals surface area (Å²) in [5.41, 5.74) is 2.97. The van der Waals surface area contributed by atoms with Gasteiger partial charge in [0.05, 0.1) is 31.1 Å². The van der Waals surface area contributed by atoms with Crippen molar-refractivity contribution in [2.24, 2.45) is 0 Å². The summed E-state index contributed by atoms with van der Waals surface area (Å²) in [6.07, 6.45) is 0. The molecule has 3 rings (SSSR count). The van der Waals surface area contributed by atoms with Gasteiger partial charge in [0.1, 0.15) is 0 Å². The molecule has 2 aromatic carbocycles. The number of rotatable bonds is 6. The zero-order valence-electron chi connectivity index (χ0n) is 15.0. The molecule has 1 amide bonds. The fourth-order valence-corrected chi connectivity index (χ4v) is 3.31. The summed E-state index contributed by atoms with van der Waals surface area (Å²) < 4.78 is 5.41. The molecular formula is C20H24ClN3O2. The highest BCUT2D eigenvalue weighted by Crippen LogP contribution is 2.26. The quantitative estimate of drug-likeness (QED) is 0.844. The van der Waals surface area contributed by atoms with Crippen LogP contribution in [0.2, 0.25) is 5.02 Å². The van der Waals surface area contributed by atoms with E-state index in [2.05, 4.69) is 10.2 Å². The minimum Gasteiger partial charge on any atom is -0.378 e. The fourth-order valence-electron chi connectivity index (χ4n) is 3.10. The number of amides is 1. The monoisotopic (exact) mass is 373 g/mol. The Hall–Kier alpha value is -2.08. The zero-order valence-corrected chi connectivity index (χ0v) is 15.7. The second kappa shape index (κ2) is 9.03. The van der Waals surface area contributed by atoms with Gasteiger partial charge in [-0.15, -0.1) is 0 Å². The van der Waals surface area contributed by atoms with E-state index in [1.165, 1.54) is 0 Å². The Kier molecular flexibility index (Phi) is 6.50. The predicted octanol–water partition coefficient (Wildman–Crippen LogP) is 3.25. The second-order valence-electron chi connectivity index (χ2n) is 6.47. The Balaban J connectivity index is 1.59. The van der Waals surface area contributed by atoms with E-state index in [1.807, 2.05) is 60.5 Å². The van der Waals surface area contributed by atoms with Gasteiger partial charge in [0.25, 0.3) is 0 Å². The Morgan fingerprint density at radius 1 is 1.19 bits per heavy atom. The van der Waals surface area contributed by atoms with Gasteiger partial charge < -0.3 is 15.0 Å². The van der Waals surface area contributed by atoms with Crippen molar-refractivity contribution in [3.8, 4) is 0 Å². The van der Waals surface area contributed by atoms with Gasteiger partial charge >= 0.3 is 0 Å². The molecule has 1 heterocycles. The number of halogens is 1. The number of hydrogen-bond acceptors (Lipinski definition) is 4. The summed E-state index contributed by atoms with van der Waals surface area (Å²) in [7, 11) is 1.92. The first kappa shape index (κ1) is 18.7. The normalized spacial score (nSPS) is 14.5. The molecule has 0 bridgehead atoms. The molecular weight excluding hydrogens is 350 g/mol. The third-order valence-electron chi connectivity index (χ3n) is 4.28. The zero-order chi connectivity index (χ0) is 18.4. The lowest BCUT2D eigenvalue weighted by Gasteiger charge is -2.30. The molecule has 1 aliphatic heterocycles. The number of carbonyl (C=O) groups is 1. The average molecular weight is 374 g/mol. The van der Waals surface area contributed by atoms with E-state index >= 15 is 0 Å². The number of morpholine rings is 1. The van der Waals surface area contributed by atoms with Gasteiger partial charge in [0.15, 0.2) is 0 Å². The maximum atomic E-state index is 12.5. The van der Waals surface area contributed by atoms with Gasteiger partial charge in [-0.1, -0.05) is 35.9 Å². The maximum Gasteiger partial charge on any atom is 0.238 e. The van der Waals surface area contributed by atoms with Crippen molar-refractivity contribution in [1.82, 2.24) is 4.90 Å². The van der Waals surface area contributed by atoms with Gasteiger partial charge in [-0.05, 0) is 36.9 Å². The number of nitrogens with zero attached hydrogens (tertiary/aromatic N) is 2. The standard InChI is InChI=1S/C20H24ClN3O2/c1-23(14-16-5-4-6-17(21)13-16)15-20(25)22-18-7-2-3-8-19(18)24-9-11-26-12-10-24/h2-8,13H,9-12,14-15H2,1H3,(H,22,25). The van der Waals surface area contributed by atoms with Crippen molar-refractivity contribution in [2.45, 2.75) is 6.54 Å². The molecule has 0 aromatic heterocycles. The van der Waals surface area contributed by atoms with E-state index in [4.69, 9.17) is 16.3 Å². The molecule has 0 atom stereocenters. The molecule has 0 spiro atoms. The van der Waals surface area contributed by atoms with Crippen LogP contribution in [0.3, 0.4) is 0 Å². The summed E-state index contributed by atoms with van der Waals surface area (Å²) in [4.78, 5) is 16.7. The van der Waals surface area contributed by atoms with Crippen LogP contribution in [-0.2, 0) is 16.1 Å². The summed E-state index contributed by atoms with van der Waals surface area (Å²) in [5.74, 6) is -0.0322. The smallest absolute Gasteiger partial charge is 0.238 e. The highest BCUT2D eigenvalue weighted by atomic mass is 35.5. The summed E-state index contributed by atoms with van der Waals surface area (Å²) in [5, 5.41) is 3.75. The lowest BCUT2D eigenvalue weighted by Crippen LogP contribution is -2.37. The highest BCUT2D eigenvalue weighted by Gasteiger charge is 2.16. The van der Waals surface area contributed by atoms with E-state index in [0.29, 0.717) is 31.3 Å². The van der Waals surface area contributed by atoms with Crippen LogP contribution in [0.5, 0.6) is 0 Å². The largest absolute Gasteiger partial charge is 0.378 e. The third kappa shape index (κ3) is 5.21. The number of nitrogens with one attached hydrogen (secondary N) is 1. The predicted molar refractivity (Wildman–Crippen MR) is 106 cm³/mol. The molecule has 2 aromatic rings. The number of anilines is 2. The Bertz CT molecular complexity index is 747. The van der Waals surface area contributed by atoms with Crippen LogP contribution < -0.4 is 10.2 Å². The highest BCUT2D eigenvalue weighted by molar-refractivity contribution is 6.30. The van der Waals surface area contributed by atoms with Crippen LogP contribution in [0.4, 0.5) is 11.4 Å². The van der Waals surface area contributed by atoms with Gasteiger partial charge in [0, 0.05) is 24.7 Å². The van der Waals surface area contributed by atoms with Crippen molar-refractivity contribution < 1.29 is 9.53 Å². The van der Waals surface area contributed by atoms with Crippen LogP contribution in [0.1, 0.15) is 5.56 Å². The van der Waals surface area contributed by atoms with E-state index < -0.39 is 0 Å². The molecule has 1 fully saturated rings. The summed E-state index contributed by atoms with van der Waals surface area (Å²) in [6.45, 7) is 4.07. The molecule has 1 saturated heterocycles. The first-order valence-electron chi connectivity index (χ1n) is 8.76. The number of benzene rings is 2. The maximum absolute atomic E-state index is 12.5. The van der Waals surface area contributed by atoms with Crippen LogP contribution in [0.25, 0.3) is 0 Å². The average Bonchev–Trinajstić information content (AvgIpc) is 2.62. The lowest BCUT2D eigenvalue weighted by molar-refractivity contribution is -0.117. The first-order valence-corrected chi connectivity index (χ1v) is 9.14. The Morgan fingerprint density at radius 3 is 2.73 bits per heavy atom. The van der Waals surface area contributed by atoms with Gasteiger partial charge in [-0.3, -0.25) is 9.69 Å². The fraction of sp³-hybridized carbons (Fsp3) is 0.350. The van der Waals surface area contributed by atoms with Crippen LogP contribution in [0, 0.1) is 0 Å². The van der Waals surface area contributed by atoms with Gasteiger partial charge in [0.2, 0.25) is 5.91 Å². The van der Waals surface area contributed by atoms with Gasteiger partial charge in [-0.25, -0.2) is 0 Å². The Morgan fingerprint density at radius 2 is 1.96 bits per heavy atom. The van der Waals surface area contributed by atoms with Crippen LogP contribution >= 0.6 is 11.6 Å². The minimum atomic E-state index is -0.0322. The second-order valence-corrected chi connectivity index (χ2v) is 6.90. The molecule has 1 N–H and O–H groups in total. The molecule has 0 radical (unpaired) electrons. The third-order valence-corrected chi connectivity index (χ3v) is 4.52. The Labute approximate surface area is 159 Å². The molecule has 5 nitrogen and oxygen atoms in total. The molecule has 1 aliphatic rings. The van der Waals surface area contributed by atoms with Crippen molar-refractivity contribution in [2.75, 3.05) is 50.1 Å². The SMILES string of the molecule is CN(CC(=O)Nc1ccccc1N1CCOCC1)Cc1cccc(Cl)c1. The molecule has 26 heavy (non-hydrogen) atoms. The first-order chi connectivity index (χ1) is 12.6. The van der Waals surface area contributed by atoms with Crippen molar-refractivity contribution in [3.63, 3.8) is 0 Å².